The van der Waals surface area contributed by atoms with Gasteiger partial charge in [-0.3, -0.25) is 0 Å². The first kappa shape index (κ1) is 20.4. The third-order valence-corrected chi connectivity index (χ3v) is 5.20. The smallest absolute Gasteiger partial charge is 0.347 e. The lowest BCUT2D eigenvalue weighted by atomic mass is 9.96. The van der Waals surface area contributed by atoms with E-state index in [0.717, 1.165) is 12.8 Å². The molecule has 1 aliphatic heterocycles. The summed E-state index contributed by atoms with van der Waals surface area (Å²) in [5, 5.41) is 10.3. The van der Waals surface area contributed by atoms with Crippen LogP contribution < -0.4 is 9.47 Å². The van der Waals surface area contributed by atoms with Gasteiger partial charge in [-0.2, -0.15) is 0 Å². The lowest BCUT2D eigenvalue weighted by Crippen LogP contribution is -2.44. The first-order valence-electron chi connectivity index (χ1n) is 9.65. The van der Waals surface area contributed by atoms with Gasteiger partial charge in [0, 0.05) is 18.1 Å². The monoisotopic (exact) mass is 428 g/mol. The van der Waals surface area contributed by atoms with Crippen molar-refractivity contribution < 1.29 is 24.1 Å². The van der Waals surface area contributed by atoms with Gasteiger partial charge in [0.05, 0.1) is 23.3 Å². The summed E-state index contributed by atoms with van der Waals surface area (Å²) < 4.78 is 17.2. The minimum atomic E-state index is -1.37. The molecule has 0 bridgehead atoms. The molecule has 2 atom stereocenters. The summed E-state index contributed by atoms with van der Waals surface area (Å²) in [6.07, 6.45) is 3.49. The Kier molecular flexibility index (Phi) is 5.74. The number of carboxylic acids is 1. The van der Waals surface area contributed by atoms with Crippen molar-refractivity contribution >= 4 is 28.6 Å². The van der Waals surface area contributed by atoms with E-state index in [-0.39, 0.29) is 12.5 Å². The SMILES string of the molecule is CC(CC1CCCO1)(Oc1ccc(Oc2cnc3cc(Cl)ccc3n2)cc1)C(=O)O. The Hall–Kier alpha value is -2.90. The zero-order valence-electron chi connectivity index (χ0n) is 16.4. The van der Waals surface area contributed by atoms with Crippen molar-refractivity contribution in [3.63, 3.8) is 0 Å². The van der Waals surface area contributed by atoms with E-state index in [1.54, 1.807) is 49.4 Å². The maximum atomic E-state index is 11.8. The van der Waals surface area contributed by atoms with E-state index in [1.807, 2.05) is 0 Å². The van der Waals surface area contributed by atoms with Crippen LogP contribution in [0.2, 0.25) is 5.02 Å². The topological polar surface area (TPSA) is 90.8 Å². The number of aromatic nitrogens is 2. The van der Waals surface area contributed by atoms with Crippen molar-refractivity contribution in [1.29, 1.82) is 0 Å². The van der Waals surface area contributed by atoms with Gasteiger partial charge in [0.25, 0.3) is 0 Å². The lowest BCUT2D eigenvalue weighted by Gasteiger charge is -2.28. The Morgan fingerprint density at radius 1 is 1.23 bits per heavy atom. The number of hydrogen-bond acceptors (Lipinski definition) is 6. The number of hydrogen-bond donors (Lipinski definition) is 1. The fourth-order valence-corrected chi connectivity index (χ4v) is 3.55. The number of carboxylic acid groups (broad SMARTS) is 1. The molecule has 1 saturated heterocycles. The Balaban J connectivity index is 1.45. The predicted molar refractivity (Wildman–Crippen MR) is 111 cm³/mol. The molecule has 30 heavy (non-hydrogen) atoms. The molecule has 2 aromatic carbocycles. The van der Waals surface area contributed by atoms with Gasteiger partial charge < -0.3 is 19.3 Å². The van der Waals surface area contributed by atoms with Crippen LogP contribution in [0.15, 0.2) is 48.7 Å². The molecule has 156 valence electrons. The van der Waals surface area contributed by atoms with Gasteiger partial charge in [-0.1, -0.05) is 11.6 Å². The summed E-state index contributed by atoms with van der Waals surface area (Å²) in [6.45, 7) is 2.23. The summed E-state index contributed by atoms with van der Waals surface area (Å²) in [5.74, 6) is 0.280. The molecule has 1 aromatic heterocycles. The van der Waals surface area contributed by atoms with E-state index in [0.29, 0.717) is 40.0 Å². The zero-order chi connectivity index (χ0) is 21.1. The Morgan fingerprint density at radius 2 is 2.00 bits per heavy atom. The minimum absolute atomic E-state index is 0.102. The molecule has 3 aromatic rings. The van der Waals surface area contributed by atoms with Crippen molar-refractivity contribution in [3.05, 3.63) is 53.7 Å². The molecule has 0 radical (unpaired) electrons. The molecule has 0 spiro atoms. The van der Waals surface area contributed by atoms with Gasteiger partial charge in [-0.15, -0.1) is 0 Å². The second-order valence-corrected chi connectivity index (χ2v) is 7.83. The molecule has 8 heteroatoms. The van der Waals surface area contributed by atoms with Crippen LogP contribution >= 0.6 is 11.6 Å². The maximum absolute atomic E-state index is 11.8. The Morgan fingerprint density at radius 3 is 2.70 bits per heavy atom. The van der Waals surface area contributed by atoms with Gasteiger partial charge in [0.2, 0.25) is 11.5 Å². The number of aliphatic carboxylic acids is 1. The van der Waals surface area contributed by atoms with Crippen molar-refractivity contribution in [2.24, 2.45) is 0 Å². The van der Waals surface area contributed by atoms with Crippen molar-refractivity contribution in [1.82, 2.24) is 9.97 Å². The third kappa shape index (κ3) is 4.63. The Labute approximate surface area is 178 Å². The number of carbonyl (C=O) groups is 1. The highest BCUT2D eigenvalue weighted by Gasteiger charge is 2.39. The highest BCUT2D eigenvalue weighted by molar-refractivity contribution is 6.31. The summed E-state index contributed by atoms with van der Waals surface area (Å²) in [5.41, 5.74) is -0.0244. The van der Waals surface area contributed by atoms with Crippen molar-refractivity contribution in [2.75, 3.05) is 6.61 Å². The van der Waals surface area contributed by atoms with Crippen LogP contribution in [-0.4, -0.2) is 39.4 Å². The molecule has 2 unspecified atom stereocenters. The van der Waals surface area contributed by atoms with E-state index in [9.17, 15) is 9.90 Å². The zero-order valence-corrected chi connectivity index (χ0v) is 17.1. The number of ether oxygens (including phenoxy) is 3. The minimum Gasteiger partial charge on any atom is -0.478 e. The average Bonchev–Trinajstić information content (AvgIpc) is 3.22. The fourth-order valence-electron chi connectivity index (χ4n) is 3.39. The van der Waals surface area contributed by atoms with Crippen LogP contribution in [-0.2, 0) is 9.53 Å². The second-order valence-electron chi connectivity index (χ2n) is 7.39. The number of nitrogens with zero attached hydrogens (tertiary/aromatic N) is 2. The summed E-state index contributed by atoms with van der Waals surface area (Å²) in [7, 11) is 0. The van der Waals surface area contributed by atoms with E-state index in [4.69, 9.17) is 25.8 Å². The highest BCUT2D eigenvalue weighted by Crippen LogP contribution is 2.30. The van der Waals surface area contributed by atoms with Crippen LogP contribution in [0.3, 0.4) is 0 Å². The standard InChI is InChI=1S/C22H21ClN2O5/c1-22(21(26)27,12-17-3-2-10-28-17)30-16-7-5-15(6-8-16)29-20-13-24-19-11-14(23)4-9-18(19)25-20/h4-9,11,13,17H,2-3,10,12H2,1H3,(H,26,27). The number of halogens is 1. The molecule has 0 amide bonds. The first-order valence-corrected chi connectivity index (χ1v) is 10.0. The summed E-state index contributed by atoms with van der Waals surface area (Å²) in [4.78, 5) is 20.5. The van der Waals surface area contributed by atoms with E-state index in [2.05, 4.69) is 9.97 Å². The largest absolute Gasteiger partial charge is 0.478 e. The highest BCUT2D eigenvalue weighted by atomic mass is 35.5. The van der Waals surface area contributed by atoms with Crippen LogP contribution in [0, 0.1) is 0 Å². The van der Waals surface area contributed by atoms with Crippen molar-refractivity contribution in [3.8, 4) is 17.4 Å². The predicted octanol–water partition coefficient (Wildman–Crippen LogP) is 4.87. The first-order chi connectivity index (χ1) is 14.4. The van der Waals surface area contributed by atoms with Gasteiger partial charge in [-0.25, -0.2) is 14.8 Å². The van der Waals surface area contributed by atoms with Gasteiger partial charge in [0.1, 0.15) is 11.5 Å². The molecule has 4 rings (SSSR count). The van der Waals surface area contributed by atoms with Crippen LogP contribution in [0.1, 0.15) is 26.2 Å². The molecule has 0 saturated carbocycles. The average molecular weight is 429 g/mol. The molecule has 1 fully saturated rings. The molecule has 0 aliphatic carbocycles. The molecule has 7 nitrogen and oxygen atoms in total. The van der Waals surface area contributed by atoms with Crippen LogP contribution in [0.5, 0.6) is 17.4 Å². The lowest BCUT2D eigenvalue weighted by molar-refractivity contribution is -0.156. The summed E-state index contributed by atoms with van der Waals surface area (Å²) in [6, 6.07) is 12.0. The molecule has 1 aliphatic rings. The molecule has 2 heterocycles. The van der Waals surface area contributed by atoms with Gasteiger partial charge in [0.15, 0.2) is 0 Å². The molecular formula is C22H21ClN2O5. The number of fused-ring (bicyclic) bond motifs is 1. The van der Waals surface area contributed by atoms with E-state index < -0.39 is 11.6 Å². The number of rotatable bonds is 7. The van der Waals surface area contributed by atoms with E-state index in [1.165, 1.54) is 6.20 Å². The quantitative estimate of drug-likeness (QED) is 0.574. The van der Waals surface area contributed by atoms with Crippen LogP contribution in [0.4, 0.5) is 0 Å². The number of benzene rings is 2. The van der Waals surface area contributed by atoms with Crippen molar-refractivity contribution in [2.45, 2.75) is 37.9 Å². The third-order valence-electron chi connectivity index (χ3n) is 4.97. The molecule has 1 N–H and O–H groups in total. The van der Waals surface area contributed by atoms with Gasteiger partial charge in [-0.05, 0) is 62.2 Å². The second kappa shape index (κ2) is 8.45. The fraction of sp³-hybridized carbons (Fsp3) is 0.318. The summed E-state index contributed by atoms with van der Waals surface area (Å²) >= 11 is 5.96. The van der Waals surface area contributed by atoms with E-state index >= 15 is 0 Å². The molecular weight excluding hydrogens is 408 g/mol. The maximum Gasteiger partial charge on any atom is 0.347 e. The Bertz CT molecular complexity index is 1050. The normalized spacial score (nSPS) is 18.1. The van der Waals surface area contributed by atoms with Gasteiger partial charge >= 0.3 is 5.97 Å². The van der Waals surface area contributed by atoms with Crippen LogP contribution in [0.25, 0.3) is 11.0 Å².